The standard InChI is InChI=1S/C11H13N2O2/c12-9-11(3-6-15-7-4-11)10-2-1-5-13(14)8-10/h1-2,5,8,14H,3-4,6-7H2/q+1. The topological polar surface area (TPSA) is 57.1 Å². The molecule has 0 atom stereocenters. The molecule has 4 heteroatoms. The number of rotatable bonds is 1. The Morgan fingerprint density at radius 3 is 2.80 bits per heavy atom. The van der Waals surface area contributed by atoms with E-state index in [4.69, 9.17) is 4.74 Å². The van der Waals surface area contributed by atoms with Crippen molar-refractivity contribution < 1.29 is 14.7 Å². The van der Waals surface area contributed by atoms with Crippen LogP contribution >= 0.6 is 0 Å². The average molecular weight is 205 g/mol. The van der Waals surface area contributed by atoms with E-state index in [-0.39, 0.29) is 0 Å². The quantitative estimate of drug-likeness (QED) is 0.544. The zero-order valence-electron chi connectivity index (χ0n) is 8.39. The predicted octanol–water partition coefficient (Wildman–Crippen LogP) is 0.783. The summed E-state index contributed by atoms with van der Waals surface area (Å²) in [4.78, 5) is 0. The fourth-order valence-corrected chi connectivity index (χ4v) is 1.93. The van der Waals surface area contributed by atoms with Gasteiger partial charge in [0.2, 0.25) is 12.4 Å². The van der Waals surface area contributed by atoms with Crippen LogP contribution in [0.4, 0.5) is 0 Å². The van der Waals surface area contributed by atoms with Gasteiger partial charge in [0.05, 0.1) is 11.5 Å². The normalized spacial score (nSPS) is 19.4. The lowest BCUT2D eigenvalue weighted by molar-refractivity contribution is -0.905. The third-order valence-corrected chi connectivity index (χ3v) is 2.90. The van der Waals surface area contributed by atoms with E-state index >= 15 is 0 Å². The molecule has 0 saturated carbocycles. The van der Waals surface area contributed by atoms with Crippen molar-refractivity contribution in [2.45, 2.75) is 18.3 Å². The number of nitrogens with zero attached hydrogens (tertiary/aromatic N) is 2. The highest BCUT2D eigenvalue weighted by Gasteiger charge is 2.36. The van der Waals surface area contributed by atoms with Gasteiger partial charge in [-0.05, 0) is 18.9 Å². The molecule has 0 unspecified atom stereocenters. The van der Waals surface area contributed by atoms with Crippen LogP contribution in [0.1, 0.15) is 18.4 Å². The zero-order valence-corrected chi connectivity index (χ0v) is 8.39. The van der Waals surface area contributed by atoms with Crippen molar-refractivity contribution in [2.75, 3.05) is 13.2 Å². The van der Waals surface area contributed by atoms with E-state index in [0.717, 1.165) is 10.3 Å². The highest BCUT2D eigenvalue weighted by atomic mass is 16.5. The number of pyridine rings is 1. The molecule has 0 aromatic carbocycles. The molecule has 1 aliphatic rings. The van der Waals surface area contributed by atoms with Crippen LogP contribution in [0.15, 0.2) is 24.5 Å². The maximum absolute atomic E-state index is 9.33. The lowest BCUT2D eigenvalue weighted by Crippen LogP contribution is -2.36. The molecule has 1 aromatic rings. The smallest absolute Gasteiger partial charge is 0.227 e. The molecule has 15 heavy (non-hydrogen) atoms. The molecule has 0 spiro atoms. The Hall–Kier alpha value is -1.60. The molecule has 1 aliphatic heterocycles. The summed E-state index contributed by atoms with van der Waals surface area (Å²) in [5.41, 5.74) is 0.363. The van der Waals surface area contributed by atoms with Crippen molar-refractivity contribution in [3.8, 4) is 6.07 Å². The summed E-state index contributed by atoms with van der Waals surface area (Å²) in [5.74, 6) is 0. The second kappa shape index (κ2) is 3.87. The van der Waals surface area contributed by atoms with Crippen LogP contribution in [0.3, 0.4) is 0 Å². The van der Waals surface area contributed by atoms with Gasteiger partial charge in [-0.25, -0.2) is 0 Å². The van der Waals surface area contributed by atoms with Gasteiger partial charge in [0.15, 0.2) is 0 Å². The van der Waals surface area contributed by atoms with Crippen molar-refractivity contribution in [1.82, 2.24) is 0 Å². The highest BCUT2D eigenvalue weighted by Crippen LogP contribution is 2.33. The fraction of sp³-hybridized carbons (Fsp3) is 0.455. The van der Waals surface area contributed by atoms with Crippen LogP contribution in [0, 0.1) is 11.3 Å². The van der Waals surface area contributed by atoms with Gasteiger partial charge in [-0.15, -0.1) is 0 Å². The highest BCUT2D eigenvalue weighted by molar-refractivity contribution is 5.29. The summed E-state index contributed by atoms with van der Waals surface area (Å²) in [6.07, 6.45) is 4.50. The molecular weight excluding hydrogens is 192 g/mol. The molecular formula is C11H13N2O2+. The molecule has 0 bridgehead atoms. The summed E-state index contributed by atoms with van der Waals surface area (Å²) >= 11 is 0. The van der Waals surface area contributed by atoms with Crippen molar-refractivity contribution in [3.05, 3.63) is 30.1 Å². The molecule has 0 radical (unpaired) electrons. The lowest BCUT2D eigenvalue weighted by Gasteiger charge is -2.29. The van der Waals surface area contributed by atoms with E-state index in [1.807, 2.05) is 6.07 Å². The van der Waals surface area contributed by atoms with Gasteiger partial charge in [0, 0.05) is 29.6 Å². The van der Waals surface area contributed by atoms with Crippen molar-refractivity contribution in [3.63, 3.8) is 0 Å². The van der Waals surface area contributed by atoms with Crippen LogP contribution < -0.4 is 4.73 Å². The minimum atomic E-state index is -0.496. The van der Waals surface area contributed by atoms with E-state index in [1.165, 1.54) is 6.20 Å². The molecule has 1 fully saturated rings. The molecule has 1 aromatic heterocycles. The maximum atomic E-state index is 9.33. The summed E-state index contributed by atoms with van der Waals surface area (Å²) in [7, 11) is 0. The average Bonchev–Trinajstić information content (AvgIpc) is 2.30. The Morgan fingerprint density at radius 1 is 1.47 bits per heavy atom. The Bertz CT molecular complexity index is 392. The monoisotopic (exact) mass is 205 g/mol. The van der Waals surface area contributed by atoms with Gasteiger partial charge in [0.25, 0.3) is 0 Å². The van der Waals surface area contributed by atoms with Gasteiger partial charge < -0.3 is 4.74 Å². The van der Waals surface area contributed by atoms with E-state index in [0.29, 0.717) is 26.1 Å². The lowest BCUT2D eigenvalue weighted by atomic mass is 9.76. The first-order valence-electron chi connectivity index (χ1n) is 4.97. The molecule has 0 aliphatic carbocycles. The zero-order chi connectivity index (χ0) is 10.7. The minimum Gasteiger partial charge on any atom is -0.381 e. The van der Waals surface area contributed by atoms with Gasteiger partial charge in [-0.2, -0.15) is 5.26 Å². The molecule has 2 heterocycles. The van der Waals surface area contributed by atoms with Crippen molar-refractivity contribution in [1.29, 1.82) is 5.26 Å². The van der Waals surface area contributed by atoms with Crippen LogP contribution in [0.25, 0.3) is 0 Å². The second-order valence-electron chi connectivity index (χ2n) is 3.78. The number of hydrogen-bond acceptors (Lipinski definition) is 3. The summed E-state index contributed by atoms with van der Waals surface area (Å²) in [6, 6.07) is 5.97. The largest absolute Gasteiger partial charge is 0.381 e. The van der Waals surface area contributed by atoms with Crippen LogP contribution in [0.5, 0.6) is 0 Å². The molecule has 2 rings (SSSR count). The third kappa shape index (κ3) is 1.79. The first-order chi connectivity index (χ1) is 7.27. The maximum Gasteiger partial charge on any atom is 0.227 e. The molecule has 0 amide bonds. The van der Waals surface area contributed by atoms with Crippen molar-refractivity contribution in [2.24, 2.45) is 0 Å². The van der Waals surface area contributed by atoms with Gasteiger partial charge in [0.1, 0.15) is 0 Å². The number of nitriles is 1. The minimum absolute atomic E-state index is 0.496. The number of aromatic nitrogens is 1. The van der Waals surface area contributed by atoms with Crippen LogP contribution in [-0.2, 0) is 10.2 Å². The molecule has 1 saturated heterocycles. The van der Waals surface area contributed by atoms with Crippen LogP contribution in [0.2, 0.25) is 0 Å². The number of hydrogen-bond donors (Lipinski definition) is 1. The molecule has 78 valence electrons. The second-order valence-corrected chi connectivity index (χ2v) is 3.78. The van der Waals surface area contributed by atoms with Gasteiger partial charge >= 0.3 is 0 Å². The van der Waals surface area contributed by atoms with Crippen LogP contribution in [-0.4, -0.2) is 18.4 Å². The van der Waals surface area contributed by atoms with Crippen molar-refractivity contribution >= 4 is 0 Å². The Balaban J connectivity index is 2.37. The first-order valence-corrected chi connectivity index (χ1v) is 4.97. The fourth-order valence-electron chi connectivity index (χ4n) is 1.93. The first kappa shape index (κ1) is 9.94. The Morgan fingerprint density at radius 2 is 2.20 bits per heavy atom. The molecule has 1 N–H and O–H groups in total. The van der Waals surface area contributed by atoms with Gasteiger partial charge in [-0.3, -0.25) is 5.21 Å². The molecule has 4 nitrogen and oxygen atoms in total. The number of ether oxygens (including phenoxy) is 1. The summed E-state index contributed by atoms with van der Waals surface area (Å²) in [6.45, 7) is 1.21. The van der Waals surface area contributed by atoms with Gasteiger partial charge in [-0.1, -0.05) is 0 Å². The SMILES string of the molecule is N#CC1(c2ccc[n+](O)c2)CCOCC1. The predicted molar refractivity (Wildman–Crippen MR) is 51.2 cm³/mol. The summed E-state index contributed by atoms with van der Waals surface area (Å²) < 4.78 is 6.25. The Labute approximate surface area is 88.3 Å². The Kier molecular flexibility index (Phi) is 2.57. The third-order valence-electron chi connectivity index (χ3n) is 2.90. The summed E-state index contributed by atoms with van der Waals surface area (Å²) in [5, 5.41) is 18.6. The van der Waals surface area contributed by atoms with E-state index in [9.17, 15) is 10.5 Å². The van der Waals surface area contributed by atoms with E-state index in [2.05, 4.69) is 6.07 Å². The van der Waals surface area contributed by atoms with E-state index in [1.54, 1.807) is 12.3 Å². The van der Waals surface area contributed by atoms with E-state index < -0.39 is 5.41 Å².